The quantitative estimate of drug-likeness (QED) is 0.554. The smallest absolute Gasteiger partial charge is 0.208 e. The second-order valence-electron chi connectivity index (χ2n) is 3.65. The number of hydrogen-bond donors (Lipinski definition) is 2. The summed E-state index contributed by atoms with van der Waals surface area (Å²) in [6, 6.07) is 9.90. The summed E-state index contributed by atoms with van der Waals surface area (Å²) < 4.78 is 24.2. The second kappa shape index (κ2) is 6.58. The van der Waals surface area contributed by atoms with Crippen molar-refractivity contribution in [2.75, 3.05) is 30.9 Å². The van der Waals surface area contributed by atoms with Crippen LogP contribution in [0.5, 0.6) is 0 Å². The molecular formula is C11H19N3O2S. The molecule has 0 heterocycles. The van der Waals surface area contributed by atoms with E-state index >= 15 is 0 Å². The third-order valence-corrected chi connectivity index (χ3v) is 2.90. The lowest BCUT2D eigenvalue weighted by molar-refractivity contribution is 0.577. The van der Waals surface area contributed by atoms with Gasteiger partial charge in [-0.1, -0.05) is 18.2 Å². The van der Waals surface area contributed by atoms with E-state index in [1.54, 1.807) is 0 Å². The topological polar surface area (TPSA) is 61.4 Å². The van der Waals surface area contributed by atoms with Gasteiger partial charge in [0.15, 0.2) is 0 Å². The summed E-state index contributed by atoms with van der Waals surface area (Å²) in [5.74, 6) is 0. The lowest BCUT2D eigenvalue weighted by Gasteiger charge is -2.23. The number of hydrogen-bond acceptors (Lipinski definition) is 4. The molecule has 0 saturated heterocycles. The Morgan fingerprint density at radius 2 is 1.82 bits per heavy atom. The van der Waals surface area contributed by atoms with Crippen LogP contribution in [0.15, 0.2) is 30.3 Å². The fourth-order valence-corrected chi connectivity index (χ4v) is 1.89. The van der Waals surface area contributed by atoms with Crippen LogP contribution in [-0.2, 0) is 10.0 Å². The first-order valence-corrected chi connectivity index (χ1v) is 7.43. The molecule has 1 rings (SSSR count). The number of anilines is 1. The van der Waals surface area contributed by atoms with Gasteiger partial charge < -0.3 is 5.01 Å². The van der Waals surface area contributed by atoms with Crippen molar-refractivity contribution < 1.29 is 8.42 Å². The summed E-state index contributed by atoms with van der Waals surface area (Å²) >= 11 is 0. The molecule has 5 nitrogen and oxygen atoms in total. The highest BCUT2D eigenvalue weighted by atomic mass is 32.2. The van der Waals surface area contributed by atoms with Gasteiger partial charge in [0.05, 0.1) is 11.9 Å². The molecule has 0 amide bonds. The molecule has 0 aromatic heterocycles. The van der Waals surface area contributed by atoms with Crippen LogP contribution in [0.25, 0.3) is 0 Å². The molecule has 6 heteroatoms. The number of nitrogens with one attached hydrogen (secondary N) is 2. The molecule has 1 aromatic rings. The average Bonchev–Trinajstić information content (AvgIpc) is 2.29. The minimum atomic E-state index is -3.10. The van der Waals surface area contributed by atoms with E-state index < -0.39 is 10.0 Å². The third-order valence-electron chi connectivity index (χ3n) is 2.18. The molecule has 17 heavy (non-hydrogen) atoms. The van der Waals surface area contributed by atoms with Crippen LogP contribution < -0.4 is 15.2 Å². The molecule has 0 aliphatic rings. The fraction of sp³-hybridized carbons (Fsp3) is 0.455. The number of nitrogens with zero attached hydrogens (tertiary/aromatic N) is 1. The first kappa shape index (κ1) is 14.0. The van der Waals surface area contributed by atoms with Gasteiger partial charge in [-0.15, -0.1) is 0 Å². The molecule has 0 fully saturated rings. The summed E-state index contributed by atoms with van der Waals surface area (Å²) in [5.41, 5.74) is 4.23. The van der Waals surface area contributed by atoms with Gasteiger partial charge in [0.2, 0.25) is 10.0 Å². The third kappa shape index (κ3) is 5.67. The fourth-order valence-electron chi connectivity index (χ4n) is 1.42. The molecule has 0 spiro atoms. The Morgan fingerprint density at radius 1 is 1.18 bits per heavy atom. The maximum absolute atomic E-state index is 10.9. The highest BCUT2D eigenvalue weighted by Crippen LogP contribution is 2.09. The van der Waals surface area contributed by atoms with E-state index in [-0.39, 0.29) is 0 Å². The van der Waals surface area contributed by atoms with Crippen molar-refractivity contribution in [1.82, 2.24) is 10.1 Å². The zero-order valence-electron chi connectivity index (χ0n) is 10.2. The van der Waals surface area contributed by atoms with Gasteiger partial charge >= 0.3 is 0 Å². The Labute approximate surface area is 103 Å². The van der Waals surface area contributed by atoms with E-state index in [1.807, 2.05) is 42.3 Å². The van der Waals surface area contributed by atoms with Crippen LogP contribution >= 0.6 is 0 Å². The van der Waals surface area contributed by atoms with Gasteiger partial charge in [-0.3, -0.25) is 0 Å². The Hall–Kier alpha value is -1.11. The number of rotatable bonds is 7. The molecule has 2 N–H and O–H groups in total. The molecule has 0 unspecified atom stereocenters. The van der Waals surface area contributed by atoms with Crippen molar-refractivity contribution in [3.8, 4) is 0 Å². The number of sulfonamides is 1. The molecule has 1 aromatic carbocycles. The van der Waals surface area contributed by atoms with E-state index in [0.717, 1.165) is 18.5 Å². The predicted molar refractivity (Wildman–Crippen MR) is 70.3 cm³/mol. The molecule has 0 saturated carbocycles. The summed E-state index contributed by atoms with van der Waals surface area (Å²) in [6.07, 6.45) is 1.15. The number of benzene rings is 1. The van der Waals surface area contributed by atoms with E-state index in [4.69, 9.17) is 0 Å². The van der Waals surface area contributed by atoms with Gasteiger partial charge in [0.25, 0.3) is 0 Å². The van der Waals surface area contributed by atoms with E-state index in [1.165, 1.54) is 0 Å². The largest absolute Gasteiger partial charge is 0.309 e. The highest BCUT2D eigenvalue weighted by molar-refractivity contribution is 7.88. The molecule has 0 atom stereocenters. The van der Waals surface area contributed by atoms with Gasteiger partial charge in [0, 0.05) is 19.6 Å². The zero-order valence-corrected chi connectivity index (χ0v) is 11.0. The molecular weight excluding hydrogens is 238 g/mol. The Kier molecular flexibility index (Phi) is 5.40. The number of para-hydroxylation sites is 1. The lowest BCUT2D eigenvalue weighted by atomic mass is 10.3. The Bertz CT molecular complexity index is 420. The van der Waals surface area contributed by atoms with Crippen LogP contribution in [0.3, 0.4) is 0 Å². The zero-order chi connectivity index (χ0) is 12.7. The van der Waals surface area contributed by atoms with Crippen molar-refractivity contribution >= 4 is 15.7 Å². The predicted octanol–water partition coefficient (Wildman–Crippen LogP) is 0.567. The van der Waals surface area contributed by atoms with Gasteiger partial charge in [0.1, 0.15) is 0 Å². The van der Waals surface area contributed by atoms with Gasteiger partial charge in [-0.25, -0.2) is 18.6 Å². The standard InChI is InChI=1S/C11H19N3O2S/c1-3-14(11-7-5-4-6-8-11)12-9-10-13-17(2,15)16/h4-8,12-13H,3,9-10H2,1-2H3. The molecule has 0 bridgehead atoms. The van der Waals surface area contributed by atoms with E-state index in [0.29, 0.717) is 13.1 Å². The minimum Gasteiger partial charge on any atom is -0.309 e. The van der Waals surface area contributed by atoms with E-state index in [2.05, 4.69) is 10.1 Å². The van der Waals surface area contributed by atoms with Crippen molar-refractivity contribution in [1.29, 1.82) is 0 Å². The summed E-state index contributed by atoms with van der Waals surface area (Å²) in [6.45, 7) is 3.77. The van der Waals surface area contributed by atoms with Crippen molar-refractivity contribution in [2.45, 2.75) is 6.92 Å². The number of hydrazine groups is 1. The normalized spacial score (nSPS) is 11.4. The van der Waals surface area contributed by atoms with Gasteiger partial charge in [-0.05, 0) is 19.1 Å². The molecule has 0 radical (unpaired) electrons. The molecule has 0 aliphatic carbocycles. The van der Waals surface area contributed by atoms with Crippen LogP contribution in [0.4, 0.5) is 5.69 Å². The summed E-state index contributed by atoms with van der Waals surface area (Å²) in [4.78, 5) is 0. The van der Waals surface area contributed by atoms with Crippen LogP contribution in [-0.4, -0.2) is 34.3 Å². The maximum atomic E-state index is 10.9. The van der Waals surface area contributed by atoms with Crippen molar-refractivity contribution in [3.05, 3.63) is 30.3 Å². The Morgan fingerprint density at radius 3 is 2.35 bits per heavy atom. The SMILES string of the molecule is CCN(NCCNS(C)(=O)=O)c1ccccc1. The first-order chi connectivity index (χ1) is 8.03. The van der Waals surface area contributed by atoms with Crippen molar-refractivity contribution in [2.24, 2.45) is 0 Å². The lowest BCUT2D eigenvalue weighted by Crippen LogP contribution is -2.42. The van der Waals surface area contributed by atoms with Gasteiger partial charge in [-0.2, -0.15) is 0 Å². The van der Waals surface area contributed by atoms with Crippen LogP contribution in [0.1, 0.15) is 6.92 Å². The van der Waals surface area contributed by atoms with E-state index in [9.17, 15) is 8.42 Å². The minimum absolute atomic E-state index is 0.377. The van der Waals surface area contributed by atoms with Crippen LogP contribution in [0.2, 0.25) is 0 Å². The first-order valence-electron chi connectivity index (χ1n) is 5.53. The Balaban J connectivity index is 2.39. The monoisotopic (exact) mass is 257 g/mol. The molecule has 96 valence electrons. The van der Waals surface area contributed by atoms with Crippen LogP contribution in [0, 0.1) is 0 Å². The second-order valence-corrected chi connectivity index (χ2v) is 5.49. The van der Waals surface area contributed by atoms with Crippen molar-refractivity contribution in [3.63, 3.8) is 0 Å². The maximum Gasteiger partial charge on any atom is 0.208 e. The summed E-state index contributed by atoms with van der Waals surface area (Å²) in [5, 5.41) is 1.98. The average molecular weight is 257 g/mol. The highest BCUT2D eigenvalue weighted by Gasteiger charge is 2.03. The summed E-state index contributed by atoms with van der Waals surface area (Å²) in [7, 11) is -3.10. The molecule has 0 aliphatic heterocycles.